The van der Waals surface area contributed by atoms with E-state index in [-0.39, 0.29) is 28.7 Å². The quantitative estimate of drug-likeness (QED) is 0.387. The van der Waals surface area contributed by atoms with Crippen LogP contribution in [0.25, 0.3) is 0 Å². The molecule has 92 valence electrons. The van der Waals surface area contributed by atoms with Crippen molar-refractivity contribution in [2.24, 2.45) is 10.7 Å². The largest absolute Gasteiger partial charge is 0.505 e. The fraction of sp³-hybridized carbons (Fsp3) is 0.200. The Morgan fingerprint density at radius 3 is 2.82 bits per heavy atom. The van der Waals surface area contributed by atoms with E-state index in [1.807, 2.05) is 0 Å². The smallest absolute Gasteiger partial charge is 0.341 e. The Bertz CT molecular complexity index is 477. The molecule has 0 saturated heterocycles. The van der Waals surface area contributed by atoms with Gasteiger partial charge in [0, 0.05) is 4.47 Å². The van der Waals surface area contributed by atoms with Crippen LogP contribution in [0.2, 0.25) is 0 Å². The standard InChI is InChI=1S/C10H10BrClN2O3/c1-17-10(16)6-2-5(11)3-7(9(6)15)14-8(13)4-12/h2-3,15H,4H2,1H3,(H2,13,14). The molecule has 0 aliphatic rings. The number of aliphatic imine (C=N–C) groups is 1. The summed E-state index contributed by atoms with van der Waals surface area (Å²) >= 11 is 8.68. The Morgan fingerprint density at radius 1 is 1.65 bits per heavy atom. The average molecular weight is 322 g/mol. The highest BCUT2D eigenvalue weighted by Crippen LogP contribution is 2.34. The van der Waals surface area contributed by atoms with Crippen LogP contribution in [-0.4, -0.2) is 29.9 Å². The van der Waals surface area contributed by atoms with Gasteiger partial charge in [-0.15, -0.1) is 11.6 Å². The number of nitrogens with zero attached hydrogens (tertiary/aromatic N) is 1. The molecule has 0 fully saturated rings. The van der Waals surface area contributed by atoms with Crippen LogP contribution in [0.4, 0.5) is 5.69 Å². The Morgan fingerprint density at radius 2 is 2.29 bits per heavy atom. The van der Waals surface area contributed by atoms with Gasteiger partial charge in [0.15, 0.2) is 5.75 Å². The van der Waals surface area contributed by atoms with Crippen molar-refractivity contribution in [2.75, 3.05) is 13.0 Å². The number of ether oxygens (including phenoxy) is 1. The number of alkyl halides is 1. The Hall–Kier alpha value is -1.27. The molecule has 0 bridgehead atoms. The highest BCUT2D eigenvalue weighted by molar-refractivity contribution is 9.10. The molecule has 0 aromatic heterocycles. The summed E-state index contributed by atoms with van der Waals surface area (Å²) in [6.45, 7) is 0. The Balaban J connectivity index is 3.33. The molecule has 5 nitrogen and oxygen atoms in total. The first-order chi connectivity index (χ1) is 7.99. The minimum atomic E-state index is -0.662. The number of methoxy groups -OCH3 is 1. The third-order valence-corrected chi connectivity index (χ3v) is 2.59. The van der Waals surface area contributed by atoms with E-state index in [0.29, 0.717) is 4.47 Å². The first-order valence-corrected chi connectivity index (χ1v) is 5.82. The van der Waals surface area contributed by atoms with Crippen LogP contribution in [0.5, 0.6) is 5.75 Å². The number of esters is 1. The molecule has 1 rings (SSSR count). The minimum absolute atomic E-state index is 0.00278. The van der Waals surface area contributed by atoms with E-state index in [1.54, 1.807) is 0 Å². The molecular weight excluding hydrogens is 311 g/mol. The summed E-state index contributed by atoms with van der Waals surface area (Å²) in [4.78, 5) is 15.3. The highest BCUT2D eigenvalue weighted by atomic mass is 79.9. The Kier molecular flexibility index (Phi) is 4.77. The van der Waals surface area contributed by atoms with E-state index in [1.165, 1.54) is 19.2 Å². The molecule has 0 heterocycles. The second-order valence-corrected chi connectivity index (χ2v) is 4.23. The number of nitrogens with two attached hydrogens (primary N) is 1. The third-order valence-electron chi connectivity index (χ3n) is 1.86. The van der Waals surface area contributed by atoms with Crippen LogP contribution < -0.4 is 5.73 Å². The molecule has 0 amide bonds. The van der Waals surface area contributed by atoms with E-state index in [9.17, 15) is 9.90 Å². The van der Waals surface area contributed by atoms with E-state index in [4.69, 9.17) is 17.3 Å². The van der Waals surface area contributed by atoms with Crippen molar-refractivity contribution in [2.45, 2.75) is 0 Å². The fourth-order valence-electron chi connectivity index (χ4n) is 1.12. The van der Waals surface area contributed by atoms with Crippen molar-refractivity contribution in [3.05, 3.63) is 22.2 Å². The fourth-order valence-corrected chi connectivity index (χ4v) is 1.63. The lowest BCUT2D eigenvalue weighted by Gasteiger charge is -2.07. The Labute approximate surface area is 111 Å². The summed E-state index contributed by atoms with van der Waals surface area (Å²) in [5.41, 5.74) is 5.61. The first kappa shape index (κ1) is 13.8. The molecule has 0 saturated carbocycles. The predicted molar refractivity (Wildman–Crippen MR) is 69.1 cm³/mol. The summed E-state index contributed by atoms with van der Waals surface area (Å²) in [6.07, 6.45) is 0. The van der Waals surface area contributed by atoms with Crippen LogP contribution in [0.3, 0.4) is 0 Å². The van der Waals surface area contributed by atoms with Crippen LogP contribution in [-0.2, 0) is 4.74 Å². The first-order valence-electron chi connectivity index (χ1n) is 4.49. The van der Waals surface area contributed by atoms with E-state index in [0.717, 1.165) is 0 Å². The zero-order valence-corrected chi connectivity index (χ0v) is 11.2. The molecule has 3 N–H and O–H groups in total. The third kappa shape index (κ3) is 3.34. The lowest BCUT2D eigenvalue weighted by atomic mass is 10.2. The second kappa shape index (κ2) is 5.88. The van der Waals surface area contributed by atoms with Crippen LogP contribution in [0, 0.1) is 0 Å². The van der Waals surface area contributed by atoms with Gasteiger partial charge in [0.1, 0.15) is 17.1 Å². The van der Waals surface area contributed by atoms with Gasteiger partial charge in [-0.1, -0.05) is 15.9 Å². The maximum Gasteiger partial charge on any atom is 0.341 e. The summed E-state index contributed by atoms with van der Waals surface area (Å²) < 4.78 is 5.10. The van der Waals surface area contributed by atoms with Gasteiger partial charge in [-0.3, -0.25) is 0 Å². The number of carbonyl (C=O) groups excluding carboxylic acids is 1. The number of phenolic OH excluding ortho intramolecular Hbond substituents is 1. The minimum Gasteiger partial charge on any atom is -0.505 e. The monoisotopic (exact) mass is 320 g/mol. The van der Waals surface area contributed by atoms with Crippen molar-refractivity contribution in [3.63, 3.8) is 0 Å². The number of hydrogen-bond acceptors (Lipinski definition) is 4. The summed E-state index contributed by atoms with van der Waals surface area (Å²) in [6, 6.07) is 2.94. The zero-order valence-electron chi connectivity index (χ0n) is 8.91. The number of amidine groups is 1. The number of rotatable bonds is 3. The molecule has 0 aliphatic carbocycles. The average Bonchev–Trinajstić information content (AvgIpc) is 2.32. The maximum absolute atomic E-state index is 11.4. The number of halogens is 2. The summed E-state index contributed by atoms with van der Waals surface area (Å²) in [7, 11) is 1.22. The molecule has 0 aliphatic heterocycles. The molecule has 0 radical (unpaired) electrons. The van der Waals surface area contributed by atoms with Crippen molar-refractivity contribution in [3.8, 4) is 5.75 Å². The van der Waals surface area contributed by atoms with Gasteiger partial charge >= 0.3 is 5.97 Å². The van der Waals surface area contributed by atoms with Gasteiger partial charge in [-0.05, 0) is 12.1 Å². The number of phenols is 1. The SMILES string of the molecule is COC(=O)c1cc(Br)cc(N=C(N)CCl)c1O. The zero-order chi connectivity index (χ0) is 13.0. The molecule has 0 spiro atoms. The number of carbonyl (C=O) groups is 1. The molecule has 7 heteroatoms. The van der Waals surface area contributed by atoms with Crippen molar-refractivity contribution in [1.82, 2.24) is 0 Å². The van der Waals surface area contributed by atoms with E-state index in [2.05, 4.69) is 25.7 Å². The lowest BCUT2D eigenvalue weighted by molar-refractivity contribution is 0.0597. The molecule has 1 aromatic rings. The van der Waals surface area contributed by atoms with Gasteiger partial charge in [0.05, 0.1) is 13.0 Å². The van der Waals surface area contributed by atoms with Crippen LogP contribution in [0.1, 0.15) is 10.4 Å². The lowest BCUT2D eigenvalue weighted by Crippen LogP contribution is -2.12. The van der Waals surface area contributed by atoms with Crippen molar-refractivity contribution < 1.29 is 14.6 Å². The highest BCUT2D eigenvalue weighted by Gasteiger charge is 2.16. The number of benzene rings is 1. The number of aromatic hydroxyl groups is 1. The molecule has 17 heavy (non-hydrogen) atoms. The maximum atomic E-state index is 11.4. The second-order valence-electron chi connectivity index (χ2n) is 3.05. The van der Waals surface area contributed by atoms with E-state index >= 15 is 0 Å². The van der Waals surface area contributed by atoms with Crippen molar-refractivity contribution in [1.29, 1.82) is 0 Å². The molecule has 0 atom stereocenters. The topological polar surface area (TPSA) is 84.9 Å². The van der Waals surface area contributed by atoms with Gasteiger partial charge < -0.3 is 15.6 Å². The summed E-state index contributed by atoms with van der Waals surface area (Å²) in [5, 5.41) is 9.83. The molecular formula is C10H10BrClN2O3. The van der Waals surface area contributed by atoms with Gasteiger partial charge in [0.25, 0.3) is 0 Å². The summed E-state index contributed by atoms with van der Waals surface area (Å²) in [5.74, 6) is -0.798. The van der Waals surface area contributed by atoms with Gasteiger partial charge in [-0.25, -0.2) is 9.79 Å². The predicted octanol–water partition coefficient (Wildman–Crippen LogP) is 2.17. The molecule has 0 unspecified atom stereocenters. The van der Waals surface area contributed by atoms with Gasteiger partial charge in [0.2, 0.25) is 0 Å². The number of hydrogen-bond donors (Lipinski definition) is 2. The van der Waals surface area contributed by atoms with E-state index < -0.39 is 5.97 Å². The van der Waals surface area contributed by atoms with Gasteiger partial charge in [-0.2, -0.15) is 0 Å². The van der Waals surface area contributed by atoms with Crippen LogP contribution in [0.15, 0.2) is 21.6 Å². The molecule has 1 aromatic carbocycles. The van der Waals surface area contributed by atoms with Crippen LogP contribution >= 0.6 is 27.5 Å². The van der Waals surface area contributed by atoms with Crippen molar-refractivity contribution >= 4 is 45.0 Å². The normalized spacial score (nSPS) is 11.4.